The Hall–Kier alpha value is 0.770. The van der Waals surface area contributed by atoms with Crippen LogP contribution in [0.3, 0.4) is 0 Å². The monoisotopic (exact) mass is 620 g/mol. The fraction of sp³-hybridized carbons (Fsp3) is 0.222. The lowest BCUT2D eigenvalue weighted by atomic mass is 9.89. The summed E-state index contributed by atoms with van der Waals surface area (Å²) in [5.41, 5.74) is -0.0602. The lowest BCUT2D eigenvalue weighted by Crippen LogP contribution is -2.44. The maximum atomic E-state index is 13.7. The minimum atomic E-state index is -0.528. The number of nitrogens with zero attached hydrogens (tertiary/aromatic N) is 1. The molecule has 167 valence electrons. The molecule has 2 aromatic carbocycles. The van der Waals surface area contributed by atoms with Gasteiger partial charge in [-0.1, -0.05) is 116 Å². The molecule has 1 fully saturated rings. The van der Waals surface area contributed by atoms with Crippen LogP contribution in [0.4, 0.5) is 0 Å². The van der Waals surface area contributed by atoms with E-state index in [1.165, 1.54) is 4.90 Å². The minimum absolute atomic E-state index is 0.0301. The summed E-state index contributed by atoms with van der Waals surface area (Å²) in [5, 5.41) is -1.14. The number of carbonyl (C=O) groups excluding carboxylic acids is 1. The molecular weight excluding hydrogens is 617 g/mol. The quantitative estimate of drug-likeness (QED) is 0.252. The average molecular weight is 625 g/mol. The molecule has 3 nitrogen and oxygen atoms in total. The van der Waals surface area contributed by atoms with Crippen molar-refractivity contribution in [3.8, 4) is 0 Å². The van der Waals surface area contributed by atoms with Crippen molar-refractivity contribution in [3.63, 3.8) is 0 Å². The summed E-state index contributed by atoms with van der Waals surface area (Å²) in [7, 11) is 0. The summed E-state index contributed by atoms with van der Waals surface area (Å²) >= 11 is 63.1. The number of halogens is 10. The number of rotatable bonds is 3. The molecule has 0 bridgehead atoms. The molecule has 3 rings (SSSR count). The average Bonchev–Trinajstić information content (AvgIpc) is 2.78. The number of morpholine rings is 1. The number of amides is 1. The number of hydrogen-bond donors (Lipinski definition) is 0. The summed E-state index contributed by atoms with van der Waals surface area (Å²) in [6, 6.07) is 0. The van der Waals surface area contributed by atoms with E-state index in [2.05, 4.69) is 0 Å². The van der Waals surface area contributed by atoms with Gasteiger partial charge in [-0.15, -0.1) is 0 Å². The predicted octanol–water partition coefficient (Wildman–Crippen LogP) is 9.05. The first kappa shape index (κ1) is 26.4. The molecule has 2 aromatic rings. The van der Waals surface area contributed by atoms with Crippen LogP contribution in [0.15, 0.2) is 0 Å². The van der Waals surface area contributed by atoms with Crippen LogP contribution in [-0.2, 0) is 9.53 Å². The highest BCUT2D eigenvalue weighted by Crippen LogP contribution is 2.53. The molecule has 31 heavy (non-hydrogen) atoms. The van der Waals surface area contributed by atoms with Gasteiger partial charge in [0.2, 0.25) is 5.91 Å². The molecule has 0 aromatic heterocycles. The van der Waals surface area contributed by atoms with Gasteiger partial charge in [-0.05, 0) is 0 Å². The summed E-state index contributed by atoms with van der Waals surface area (Å²) in [4.78, 5) is 15.2. The predicted molar refractivity (Wildman–Crippen MR) is 132 cm³/mol. The smallest absolute Gasteiger partial charge is 0.239 e. The second kappa shape index (κ2) is 10.6. The number of hydrogen-bond acceptors (Lipinski definition) is 2. The second-order valence-electron chi connectivity index (χ2n) is 6.17. The fourth-order valence-corrected chi connectivity index (χ4v) is 5.57. The van der Waals surface area contributed by atoms with Gasteiger partial charge in [0.1, 0.15) is 5.92 Å². The van der Waals surface area contributed by atoms with Gasteiger partial charge in [0.25, 0.3) is 0 Å². The molecule has 0 spiro atoms. The first-order valence-corrected chi connectivity index (χ1v) is 12.1. The van der Waals surface area contributed by atoms with E-state index in [9.17, 15) is 4.79 Å². The van der Waals surface area contributed by atoms with Gasteiger partial charge in [0.05, 0.1) is 63.4 Å². The molecule has 1 radical (unpaired) electrons. The number of ether oxygens (including phenoxy) is 1. The van der Waals surface area contributed by atoms with Crippen LogP contribution in [-0.4, -0.2) is 37.1 Å². The molecule has 1 saturated heterocycles. The topological polar surface area (TPSA) is 29.5 Å². The lowest BCUT2D eigenvalue weighted by molar-refractivity contribution is -0.132. The van der Waals surface area contributed by atoms with Crippen molar-refractivity contribution >= 4 is 122 Å². The zero-order chi connectivity index (χ0) is 23.2. The van der Waals surface area contributed by atoms with E-state index in [0.29, 0.717) is 13.2 Å². The molecule has 13 heteroatoms. The normalized spacial score (nSPS) is 14.5. The van der Waals surface area contributed by atoms with E-state index in [1.54, 1.807) is 0 Å². The van der Waals surface area contributed by atoms with E-state index in [-0.39, 0.29) is 80.4 Å². The Morgan fingerprint density at radius 2 is 0.839 bits per heavy atom. The van der Waals surface area contributed by atoms with Gasteiger partial charge in [-0.3, -0.25) is 4.79 Å². The number of carbonyl (C=O) groups is 1. The SMILES string of the molecule is O=C([C](c1c(Cl)c(Cl)c(Cl)c(Cl)c1Cl)c1c(Cl)c(Cl)c(Cl)c(Cl)c1Cl)N1CCOCC1. The van der Waals surface area contributed by atoms with Crippen molar-refractivity contribution < 1.29 is 9.53 Å². The third kappa shape index (κ3) is 4.81. The van der Waals surface area contributed by atoms with Gasteiger partial charge in [0, 0.05) is 24.2 Å². The molecule has 1 aliphatic rings. The Kier molecular flexibility index (Phi) is 9.00. The van der Waals surface area contributed by atoms with Crippen molar-refractivity contribution in [2.24, 2.45) is 0 Å². The highest BCUT2D eigenvalue weighted by molar-refractivity contribution is 6.57. The van der Waals surface area contributed by atoms with E-state index in [1.807, 2.05) is 0 Å². The van der Waals surface area contributed by atoms with Crippen LogP contribution in [0.5, 0.6) is 0 Å². The Labute approximate surface area is 228 Å². The van der Waals surface area contributed by atoms with Crippen molar-refractivity contribution in [2.75, 3.05) is 26.3 Å². The highest BCUT2D eigenvalue weighted by atomic mass is 35.5. The van der Waals surface area contributed by atoms with Crippen LogP contribution in [0.25, 0.3) is 0 Å². The molecule has 0 aliphatic carbocycles. The molecule has 0 atom stereocenters. The van der Waals surface area contributed by atoms with E-state index in [4.69, 9.17) is 121 Å². The van der Waals surface area contributed by atoms with E-state index in [0.717, 1.165) is 0 Å². The molecule has 0 saturated carbocycles. The van der Waals surface area contributed by atoms with Crippen molar-refractivity contribution in [3.05, 3.63) is 67.3 Å². The van der Waals surface area contributed by atoms with Gasteiger partial charge < -0.3 is 9.64 Å². The molecular formula is C18H8Cl10NO2. The van der Waals surface area contributed by atoms with Crippen molar-refractivity contribution in [1.29, 1.82) is 0 Å². The first-order chi connectivity index (χ1) is 14.5. The fourth-order valence-electron chi connectivity index (χ4n) is 2.91. The molecule has 1 heterocycles. The Bertz CT molecular complexity index is 941. The maximum Gasteiger partial charge on any atom is 0.239 e. The van der Waals surface area contributed by atoms with E-state index >= 15 is 0 Å². The lowest BCUT2D eigenvalue weighted by Gasteiger charge is -2.32. The van der Waals surface area contributed by atoms with Gasteiger partial charge in [-0.25, -0.2) is 0 Å². The van der Waals surface area contributed by atoms with E-state index < -0.39 is 5.91 Å². The second-order valence-corrected chi connectivity index (χ2v) is 9.95. The Balaban J connectivity index is 2.38. The molecule has 0 N–H and O–H groups in total. The Morgan fingerprint density at radius 3 is 1.16 bits per heavy atom. The van der Waals surface area contributed by atoms with Gasteiger partial charge in [-0.2, -0.15) is 0 Å². The zero-order valence-corrected chi connectivity index (χ0v) is 22.4. The zero-order valence-electron chi connectivity index (χ0n) is 14.9. The summed E-state index contributed by atoms with van der Waals surface area (Å²) < 4.78 is 5.32. The molecule has 1 aliphatic heterocycles. The first-order valence-electron chi connectivity index (χ1n) is 8.28. The summed E-state index contributed by atoms with van der Waals surface area (Å²) in [6.07, 6.45) is 0. The summed E-state index contributed by atoms with van der Waals surface area (Å²) in [6.45, 7) is 1.23. The molecule has 0 unspecified atom stereocenters. The van der Waals surface area contributed by atoms with Crippen LogP contribution < -0.4 is 0 Å². The van der Waals surface area contributed by atoms with Gasteiger partial charge in [0.15, 0.2) is 0 Å². The Morgan fingerprint density at radius 1 is 0.548 bits per heavy atom. The molecule has 1 amide bonds. The van der Waals surface area contributed by atoms with Crippen LogP contribution >= 0.6 is 116 Å². The largest absolute Gasteiger partial charge is 0.378 e. The summed E-state index contributed by atoms with van der Waals surface area (Å²) in [5.74, 6) is -0.646. The van der Waals surface area contributed by atoms with Crippen LogP contribution in [0.2, 0.25) is 50.2 Å². The van der Waals surface area contributed by atoms with Crippen LogP contribution in [0.1, 0.15) is 11.1 Å². The van der Waals surface area contributed by atoms with Crippen LogP contribution in [0, 0.1) is 5.92 Å². The third-order valence-electron chi connectivity index (χ3n) is 4.43. The van der Waals surface area contributed by atoms with Crippen molar-refractivity contribution in [2.45, 2.75) is 0 Å². The van der Waals surface area contributed by atoms with Crippen molar-refractivity contribution in [1.82, 2.24) is 4.90 Å². The third-order valence-corrected chi connectivity index (χ3v) is 8.99. The number of benzene rings is 2. The minimum Gasteiger partial charge on any atom is -0.378 e. The standard InChI is InChI=1S/C18H8Cl10NO2/c19-8-6(9(20)13(24)16(27)12(8)23)5(18(30)29-1-3-31-4-2-29)7-10(21)14(25)17(28)15(26)11(7)22/h1-4H2. The highest BCUT2D eigenvalue weighted by Gasteiger charge is 2.39. The van der Waals surface area contributed by atoms with Gasteiger partial charge >= 0.3 is 0 Å². The maximum absolute atomic E-state index is 13.7.